The van der Waals surface area contributed by atoms with Crippen molar-refractivity contribution in [2.75, 3.05) is 27.2 Å². The van der Waals surface area contributed by atoms with Gasteiger partial charge in [0.1, 0.15) is 0 Å². The second-order valence-electron chi connectivity index (χ2n) is 3.97. The Morgan fingerprint density at radius 2 is 1.58 bits per heavy atom. The zero-order valence-electron chi connectivity index (χ0n) is 8.89. The van der Waals surface area contributed by atoms with Crippen LogP contribution in [0.3, 0.4) is 0 Å². The molecule has 12 heavy (non-hydrogen) atoms. The Morgan fingerprint density at radius 3 is 2.00 bits per heavy atom. The Bertz CT molecular complexity index is 194. The number of nitrogens with zero attached hydrogens (tertiary/aromatic N) is 2. The summed E-state index contributed by atoms with van der Waals surface area (Å²) in [6.07, 6.45) is 0. The van der Waals surface area contributed by atoms with Crippen molar-refractivity contribution in [3.63, 3.8) is 0 Å². The fraction of sp³-hybridized carbons (Fsp3) is 0.800. The first kappa shape index (κ1) is 9.43. The smallest absolute Gasteiger partial charge is 0.0348 e. The van der Waals surface area contributed by atoms with E-state index >= 15 is 0 Å². The van der Waals surface area contributed by atoms with E-state index in [4.69, 9.17) is 0 Å². The van der Waals surface area contributed by atoms with Crippen molar-refractivity contribution < 1.29 is 0 Å². The number of likely N-dealkylation sites (N-methyl/N-ethyl adjacent to an activating group) is 2. The lowest BCUT2D eigenvalue weighted by atomic mass is 10.1. The van der Waals surface area contributed by atoms with Crippen molar-refractivity contribution in [2.24, 2.45) is 5.92 Å². The van der Waals surface area contributed by atoms with E-state index in [0.29, 0.717) is 5.92 Å². The highest BCUT2D eigenvalue weighted by Gasteiger charge is 2.19. The molecule has 0 aromatic carbocycles. The molecule has 1 aliphatic rings. The van der Waals surface area contributed by atoms with Crippen LogP contribution >= 0.6 is 0 Å². The van der Waals surface area contributed by atoms with Crippen LogP contribution < -0.4 is 0 Å². The van der Waals surface area contributed by atoms with Crippen LogP contribution in [0.25, 0.3) is 0 Å². The molecule has 0 atom stereocenters. The Hall–Kier alpha value is -0.660. The summed E-state index contributed by atoms with van der Waals surface area (Å²) >= 11 is 0. The molecule has 0 spiro atoms. The lowest BCUT2D eigenvalue weighted by Gasteiger charge is -2.37. The maximum Gasteiger partial charge on any atom is 0.0348 e. The van der Waals surface area contributed by atoms with Crippen LogP contribution in [0, 0.1) is 5.92 Å². The first-order chi connectivity index (χ1) is 5.54. The summed E-state index contributed by atoms with van der Waals surface area (Å²) in [4.78, 5) is 4.72. The highest BCUT2D eigenvalue weighted by molar-refractivity contribution is 5.14. The number of allylic oxidation sites excluding steroid dienone is 2. The molecule has 0 N–H and O–H groups in total. The molecule has 1 aliphatic heterocycles. The Morgan fingerprint density at radius 1 is 1.08 bits per heavy atom. The third kappa shape index (κ3) is 1.57. The van der Waals surface area contributed by atoms with Gasteiger partial charge in [-0.3, -0.25) is 0 Å². The van der Waals surface area contributed by atoms with Gasteiger partial charge in [-0.1, -0.05) is 13.8 Å². The van der Waals surface area contributed by atoms with Crippen LogP contribution in [-0.4, -0.2) is 37.0 Å². The van der Waals surface area contributed by atoms with E-state index in [1.54, 1.807) is 0 Å². The molecule has 0 fully saturated rings. The van der Waals surface area contributed by atoms with Crippen molar-refractivity contribution in [1.29, 1.82) is 0 Å². The van der Waals surface area contributed by atoms with Gasteiger partial charge in [0.05, 0.1) is 0 Å². The largest absolute Gasteiger partial charge is 0.375 e. The molecule has 0 saturated heterocycles. The molecule has 2 heteroatoms. The van der Waals surface area contributed by atoms with E-state index in [2.05, 4.69) is 44.7 Å². The quantitative estimate of drug-likeness (QED) is 0.588. The van der Waals surface area contributed by atoms with Crippen LogP contribution in [0.1, 0.15) is 20.8 Å². The third-order valence-corrected chi connectivity index (χ3v) is 2.67. The lowest BCUT2D eigenvalue weighted by Crippen LogP contribution is -2.38. The summed E-state index contributed by atoms with van der Waals surface area (Å²) in [6, 6.07) is 0. The molecule has 0 aliphatic carbocycles. The molecule has 1 rings (SSSR count). The normalized spacial score (nSPS) is 19.5. The van der Waals surface area contributed by atoms with Gasteiger partial charge in [-0.25, -0.2) is 0 Å². The van der Waals surface area contributed by atoms with E-state index in [1.807, 2.05) is 0 Å². The highest BCUT2D eigenvalue weighted by Crippen LogP contribution is 2.23. The van der Waals surface area contributed by atoms with Crippen molar-refractivity contribution in [2.45, 2.75) is 20.8 Å². The maximum atomic E-state index is 2.38. The van der Waals surface area contributed by atoms with E-state index in [9.17, 15) is 0 Å². The zero-order chi connectivity index (χ0) is 9.30. The molecule has 0 aromatic rings. The standard InChI is InChI=1S/C10H20N2/c1-8(2)10-9(3)11(4)6-7-12(10)5/h8H,6-7H2,1-5H3. The van der Waals surface area contributed by atoms with Crippen LogP contribution in [0.15, 0.2) is 11.4 Å². The molecule has 0 amide bonds. The molecule has 0 bridgehead atoms. The summed E-state index contributed by atoms with van der Waals surface area (Å²) in [5.74, 6) is 0.637. The molecule has 0 saturated carbocycles. The second kappa shape index (κ2) is 3.38. The summed E-state index contributed by atoms with van der Waals surface area (Å²) in [6.45, 7) is 9.04. The highest BCUT2D eigenvalue weighted by atomic mass is 15.2. The van der Waals surface area contributed by atoms with Gasteiger partial charge in [-0.05, 0) is 12.8 Å². The minimum atomic E-state index is 0.637. The van der Waals surface area contributed by atoms with Gasteiger partial charge < -0.3 is 9.80 Å². The van der Waals surface area contributed by atoms with Gasteiger partial charge >= 0.3 is 0 Å². The predicted molar refractivity (Wildman–Crippen MR) is 52.8 cm³/mol. The summed E-state index contributed by atoms with van der Waals surface area (Å²) in [5.41, 5.74) is 2.92. The minimum Gasteiger partial charge on any atom is -0.375 e. The second-order valence-corrected chi connectivity index (χ2v) is 3.97. The van der Waals surface area contributed by atoms with Crippen molar-refractivity contribution in [1.82, 2.24) is 9.80 Å². The predicted octanol–water partition coefficient (Wildman–Crippen LogP) is 1.75. The van der Waals surface area contributed by atoms with Crippen LogP contribution in [-0.2, 0) is 0 Å². The van der Waals surface area contributed by atoms with E-state index in [0.717, 1.165) is 13.1 Å². The number of hydrogen-bond donors (Lipinski definition) is 0. The SMILES string of the molecule is CC1=C(C(C)C)N(C)CCN1C. The first-order valence-corrected chi connectivity index (χ1v) is 4.67. The van der Waals surface area contributed by atoms with Gasteiger partial charge in [0.2, 0.25) is 0 Å². The molecular weight excluding hydrogens is 148 g/mol. The van der Waals surface area contributed by atoms with Crippen LogP contribution in [0.4, 0.5) is 0 Å². The number of hydrogen-bond acceptors (Lipinski definition) is 2. The molecule has 70 valence electrons. The average Bonchev–Trinajstić information content (AvgIpc) is 1.97. The van der Waals surface area contributed by atoms with Gasteiger partial charge in [-0.2, -0.15) is 0 Å². The van der Waals surface area contributed by atoms with Crippen molar-refractivity contribution in [3.05, 3.63) is 11.4 Å². The van der Waals surface area contributed by atoms with E-state index in [-0.39, 0.29) is 0 Å². The zero-order valence-corrected chi connectivity index (χ0v) is 8.89. The van der Waals surface area contributed by atoms with Gasteiger partial charge in [0.25, 0.3) is 0 Å². The van der Waals surface area contributed by atoms with Gasteiger partial charge in [-0.15, -0.1) is 0 Å². The molecular formula is C10H20N2. The monoisotopic (exact) mass is 168 g/mol. The van der Waals surface area contributed by atoms with E-state index < -0.39 is 0 Å². The van der Waals surface area contributed by atoms with Gasteiger partial charge in [0, 0.05) is 38.6 Å². The summed E-state index contributed by atoms with van der Waals surface area (Å²) in [7, 11) is 4.36. The molecule has 0 unspecified atom stereocenters. The Kier molecular flexibility index (Phi) is 2.65. The molecule has 0 radical (unpaired) electrons. The summed E-state index contributed by atoms with van der Waals surface area (Å²) in [5, 5.41) is 0. The molecule has 1 heterocycles. The Balaban J connectivity index is 2.93. The topological polar surface area (TPSA) is 6.48 Å². The van der Waals surface area contributed by atoms with Crippen molar-refractivity contribution in [3.8, 4) is 0 Å². The average molecular weight is 168 g/mol. The summed E-state index contributed by atoms with van der Waals surface area (Å²) < 4.78 is 0. The third-order valence-electron chi connectivity index (χ3n) is 2.67. The van der Waals surface area contributed by atoms with Crippen molar-refractivity contribution >= 4 is 0 Å². The Labute approximate surface area is 75.8 Å². The van der Waals surface area contributed by atoms with E-state index in [1.165, 1.54) is 11.4 Å². The molecule has 2 nitrogen and oxygen atoms in total. The fourth-order valence-corrected chi connectivity index (χ4v) is 1.92. The fourth-order valence-electron chi connectivity index (χ4n) is 1.92. The first-order valence-electron chi connectivity index (χ1n) is 4.67. The maximum absolute atomic E-state index is 2.38. The van der Waals surface area contributed by atoms with Crippen LogP contribution in [0.2, 0.25) is 0 Å². The minimum absolute atomic E-state index is 0.637. The number of rotatable bonds is 1. The van der Waals surface area contributed by atoms with Gasteiger partial charge in [0.15, 0.2) is 0 Å². The van der Waals surface area contributed by atoms with Crippen LogP contribution in [0.5, 0.6) is 0 Å². The molecule has 0 aromatic heterocycles. The lowest BCUT2D eigenvalue weighted by molar-refractivity contribution is 0.255.